The van der Waals surface area contributed by atoms with E-state index in [1.807, 2.05) is 0 Å². The zero-order valence-electron chi connectivity index (χ0n) is 12.2. The van der Waals surface area contributed by atoms with Crippen LogP contribution in [0.25, 0.3) is 10.4 Å². The molecule has 0 aromatic rings. The van der Waals surface area contributed by atoms with E-state index in [1.54, 1.807) is 0 Å². The van der Waals surface area contributed by atoms with E-state index in [2.05, 4.69) is 14.8 Å². The number of carbonyl (C=O) groups is 1. The first kappa shape index (κ1) is 22.8. The van der Waals surface area contributed by atoms with E-state index in [0.29, 0.717) is 0 Å². The van der Waals surface area contributed by atoms with Crippen LogP contribution >= 0.6 is 0 Å². The first-order valence-electron chi connectivity index (χ1n) is 6.01. The van der Waals surface area contributed by atoms with Crippen molar-refractivity contribution in [2.45, 2.75) is 13.0 Å². The molecular formula is C4H7B12N3O2. The maximum atomic E-state index is 10.4. The smallest absolute Gasteiger partial charge is 0.314 e. The molecule has 0 N–H and O–H groups in total. The third-order valence-corrected chi connectivity index (χ3v) is 2.54. The summed E-state index contributed by atoms with van der Waals surface area (Å²) in [4.78, 5) is 12.8. The van der Waals surface area contributed by atoms with Crippen LogP contribution in [0.3, 0.4) is 0 Å². The van der Waals surface area contributed by atoms with E-state index in [1.165, 1.54) is 14.0 Å². The highest BCUT2D eigenvalue weighted by molar-refractivity contribution is 8.05. The lowest BCUT2D eigenvalue weighted by Crippen LogP contribution is -2.67. The van der Waals surface area contributed by atoms with E-state index in [9.17, 15) is 4.79 Å². The van der Waals surface area contributed by atoms with Gasteiger partial charge in [-0.1, -0.05) is 5.11 Å². The highest BCUT2D eigenvalue weighted by Gasteiger charge is 2.29. The molecular weight excluding hydrogens is 252 g/mol. The number of esters is 1. The fourth-order valence-electron chi connectivity index (χ4n) is 1.32. The molecule has 1 atom stereocenters. The van der Waals surface area contributed by atoms with Crippen molar-refractivity contribution in [3.63, 3.8) is 0 Å². The molecule has 0 aromatic heterocycles. The maximum Gasteiger partial charge on any atom is 0.314 e. The molecule has 0 saturated heterocycles. The van der Waals surface area contributed by atoms with Crippen LogP contribution in [0.1, 0.15) is 6.92 Å². The number of nitrogens with zero attached hydrogens (tertiary/aromatic N) is 3. The van der Waals surface area contributed by atoms with E-state index < -0.39 is 43.9 Å². The molecule has 0 unspecified atom stereocenters. The monoisotopic (exact) mass is 261 g/mol. The minimum atomic E-state index is -0.723. The lowest BCUT2D eigenvalue weighted by atomic mass is 8.53. The van der Waals surface area contributed by atoms with Crippen molar-refractivity contribution in [2.24, 2.45) is 5.11 Å². The van der Waals surface area contributed by atoms with Crippen LogP contribution in [0.4, 0.5) is 0 Å². The van der Waals surface area contributed by atoms with Gasteiger partial charge in [-0.15, -0.1) is 0 Å². The van der Waals surface area contributed by atoms with Gasteiger partial charge in [-0.3, -0.25) is 4.79 Å². The average molecular weight is 259 g/mol. The van der Waals surface area contributed by atoms with Gasteiger partial charge in [0.05, 0.1) is 7.11 Å². The predicted molar refractivity (Wildman–Crippen MR) is 99.7 cm³/mol. The largest absolute Gasteiger partial charge is 0.469 e. The first-order chi connectivity index (χ1) is 9.59. The van der Waals surface area contributed by atoms with Gasteiger partial charge in [0.2, 0.25) is 0 Å². The van der Waals surface area contributed by atoms with E-state index in [-0.39, 0.29) is 0 Å². The Kier molecular flexibility index (Phi) is 13.2. The number of ether oxygens (including phenoxy) is 1. The Morgan fingerprint density at radius 1 is 1.10 bits per heavy atom. The fraction of sp³-hybridized carbons (Fsp3) is 0.750. The second-order valence-corrected chi connectivity index (χ2v) is 4.29. The Bertz CT molecular complexity index is 339. The van der Waals surface area contributed by atoms with Crippen molar-refractivity contribution in [3.8, 4) is 0 Å². The predicted octanol–water partition coefficient (Wildman–Crippen LogP) is -3.71. The summed E-state index contributed by atoms with van der Waals surface area (Å²) < 4.78 is 4.26. The molecule has 14 radical (unpaired) electrons. The van der Waals surface area contributed by atoms with Crippen molar-refractivity contribution >= 4 is 92.1 Å². The summed E-state index contributed by atoms with van der Waals surface area (Å²) >= 11 is 0. The Morgan fingerprint density at radius 2 is 1.52 bits per heavy atom. The zero-order valence-corrected chi connectivity index (χ0v) is 12.2. The number of methoxy groups -OCH3 is 1. The Morgan fingerprint density at radius 3 is 1.71 bits per heavy atom. The van der Waals surface area contributed by atoms with Crippen LogP contribution < -0.4 is 0 Å². The number of azide groups is 1. The van der Waals surface area contributed by atoms with Gasteiger partial charge in [0, 0.05) is 91.0 Å². The molecule has 0 bridgehead atoms. The molecule has 0 aromatic carbocycles. The standard InChI is InChI=1S/C4H7N3O2.B12/c1-3(6-7-5)4(8)9-2;1-8(2)11(7)12(9(3)4)10(5)6/h3H,1-2H3;/t3-;/m0./s1. The van der Waals surface area contributed by atoms with Crippen LogP contribution in [0, 0.1) is 0 Å². The molecule has 0 spiro atoms. The summed E-state index contributed by atoms with van der Waals surface area (Å²) in [6, 6.07) is -0.722. The summed E-state index contributed by atoms with van der Waals surface area (Å²) in [6.45, 7) is 1.46. The van der Waals surface area contributed by atoms with Crippen LogP contribution in [0.15, 0.2) is 5.11 Å². The Hall–Kier alpha value is -0.441. The first-order valence-corrected chi connectivity index (χ1v) is 6.01. The molecule has 17 heteroatoms. The Labute approximate surface area is 137 Å². The van der Waals surface area contributed by atoms with E-state index >= 15 is 0 Å². The topological polar surface area (TPSA) is 75.1 Å². The lowest BCUT2D eigenvalue weighted by Gasteiger charge is -2.29. The maximum absolute atomic E-state index is 10.4. The van der Waals surface area contributed by atoms with Gasteiger partial charge in [-0.25, -0.2) is 0 Å². The third kappa shape index (κ3) is 10.00. The minimum Gasteiger partial charge on any atom is -0.469 e. The normalized spacial score (nSPS) is 9.81. The average Bonchev–Trinajstić information content (AvgIpc) is 2.37. The van der Waals surface area contributed by atoms with Crippen molar-refractivity contribution in [3.05, 3.63) is 10.4 Å². The van der Waals surface area contributed by atoms with Gasteiger partial charge < -0.3 is 4.74 Å². The van der Waals surface area contributed by atoms with Gasteiger partial charge >= 0.3 is 5.97 Å². The fourth-order valence-corrected chi connectivity index (χ4v) is 1.32. The lowest BCUT2D eigenvalue weighted by molar-refractivity contribution is -0.141. The molecule has 0 heterocycles. The van der Waals surface area contributed by atoms with Crippen LogP contribution in [-0.4, -0.2) is 105 Å². The van der Waals surface area contributed by atoms with Gasteiger partial charge in [-0.05, 0) is 12.5 Å². The zero-order chi connectivity index (χ0) is 17.2. The summed E-state index contributed by atoms with van der Waals surface area (Å²) in [7, 11) is 39.1. The van der Waals surface area contributed by atoms with Crippen LogP contribution in [-0.2, 0) is 9.53 Å². The second kappa shape index (κ2) is 12.1. The van der Waals surface area contributed by atoms with Crippen LogP contribution in [0.5, 0.6) is 0 Å². The molecule has 0 amide bonds. The molecule has 5 nitrogen and oxygen atoms in total. The highest BCUT2D eigenvalue weighted by atomic mass is 16.5. The SMILES string of the molecule is COC(=O)[C@H](C)N=[N+]=[N-].[B]B([B])B([B])B(B([B])[B])B([B])[B]. The number of rotatable bonds is 6. The summed E-state index contributed by atoms with van der Waals surface area (Å²) in [5.41, 5.74) is 7.83. The van der Waals surface area contributed by atoms with Crippen molar-refractivity contribution in [1.29, 1.82) is 0 Å². The van der Waals surface area contributed by atoms with Gasteiger partial charge in [0.1, 0.15) is 6.04 Å². The van der Waals surface area contributed by atoms with Gasteiger partial charge in [0.15, 0.2) is 0 Å². The highest BCUT2D eigenvalue weighted by Crippen LogP contribution is 1.92. The number of hydrogen-bond donors (Lipinski definition) is 0. The molecule has 0 rings (SSSR count). The van der Waals surface area contributed by atoms with Gasteiger partial charge in [0.25, 0.3) is 0 Å². The second-order valence-electron chi connectivity index (χ2n) is 4.29. The molecule has 0 saturated carbocycles. The molecule has 21 heavy (non-hydrogen) atoms. The number of hydrogen-bond acceptors (Lipinski definition) is 3. The quantitative estimate of drug-likeness (QED) is 0.162. The minimum absolute atomic E-state index is 0.481. The molecule has 0 aliphatic heterocycles. The van der Waals surface area contributed by atoms with Gasteiger partial charge in [-0.2, -0.15) is 0 Å². The molecule has 0 aliphatic carbocycles. The van der Waals surface area contributed by atoms with E-state index in [0.717, 1.165) is 0 Å². The molecule has 0 aliphatic rings. The third-order valence-electron chi connectivity index (χ3n) is 2.54. The summed E-state index contributed by atoms with van der Waals surface area (Å²) in [6.07, 6.45) is -3.22. The Balaban J connectivity index is 0. The number of carbonyl (C=O) groups excluding carboxylic acids is 1. The summed E-state index contributed by atoms with van der Waals surface area (Å²) in [5.74, 6) is -0.521. The van der Waals surface area contributed by atoms with E-state index in [4.69, 9.17) is 59.7 Å². The summed E-state index contributed by atoms with van der Waals surface area (Å²) in [5, 5.41) is 3.10. The van der Waals surface area contributed by atoms with Crippen LogP contribution in [0.2, 0.25) is 0 Å². The van der Waals surface area contributed by atoms with Crippen molar-refractivity contribution in [1.82, 2.24) is 0 Å². The van der Waals surface area contributed by atoms with Crippen molar-refractivity contribution in [2.75, 3.05) is 7.11 Å². The molecule has 0 fully saturated rings. The molecule has 86 valence electrons. The van der Waals surface area contributed by atoms with Crippen molar-refractivity contribution < 1.29 is 9.53 Å².